The monoisotopic (exact) mass is 301 g/mol. The lowest BCUT2D eigenvalue weighted by atomic mass is 10.1. The first-order valence-corrected chi connectivity index (χ1v) is 7.22. The molecular weight excluding hydrogens is 280 g/mol. The van der Waals surface area contributed by atoms with Crippen LogP contribution in [0.2, 0.25) is 0 Å². The van der Waals surface area contributed by atoms with Crippen LogP contribution in [0.4, 0.5) is 9.59 Å². The molecule has 0 aliphatic carbocycles. The van der Waals surface area contributed by atoms with Crippen molar-refractivity contribution < 1.29 is 9.59 Å². The molecule has 22 heavy (non-hydrogen) atoms. The van der Waals surface area contributed by atoms with Crippen LogP contribution in [0, 0.1) is 17.2 Å². The number of nitriles is 1. The van der Waals surface area contributed by atoms with Gasteiger partial charge in [0.25, 0.3) is 0 Å². The van der Waals surface area contributed by atoms with E-state index in [2.05, 4.69) is 24.5 Å². The summed E-state index contributed by atoms with van der Waals surface area (Å²) in [6, 6.07) is 9.95. The lowest BCUT2D eigenvalue weighted by molar-refractivity contribution is 0.189. The molecule has 1 radical (unpaired) electrons. The molecule has 0 unspecified atom stereocenters. The van der Waals surface area contributed by atoms with Crippen molar-refractivity contribution in [1.82, 2.24) is 15.5 Å². The number of amides is 4. The molecule has 4 amide bonds. The number of hydrogen-bond acceptors (Lipinski definition) is 3. The molecule has 1 rings (SSSR count). The summed E-state index contributed by atoms with van der Waals surface area (Å²) in [5, 5.41) is 14.1. The Hall–Kier alpha value is -2.55. The predicted octanol–water partition coefficient (Wildman–Crippen LogP) is 2.49. The normalized spacial score (nSPS) is 9.91. The predicted molar refractivity (Wildman–Crippen MR) is 82.8 cm³/mol. The van der Waals surface area contributed by atoms with Crippen molar-refractivity contribution in [2.45, 2.75) is 26.8 Å². The number of benzene rings is 1. The van der Waals surface area contributed by atoms with E-state index in [1.54, 1.807) is 11.0 Å². The quantitative estimate of drug-likeness (QED) is 0.819. The summed E-state index contributed by atoms with van der Waals surface area (Å²) in [4.78, 5) is 25.1. The highest BCUT2D eigenvalue weighted by Gasteiger charge is 2.18. The first-order valence-electron chi connectivity index (χ1n) is 7.22. The lowest BCUT2D eigenvalue weighted by Gasteiger charge is -2.22. The van der Waals surface area contributed by atoms with Crippen LogP contribution in [0.3, 0.4) is 0 Å². The zero-order valence-electron chi connectivity index (χ0n) is 13.0. The third-order valence-corrected chi connectivity index (χ3v) is 2.98. The molecule has 1 N–H and O–H groups in total. The number of urea groups is 2. The van der Waals surface area contributed by atoms with Crippen LogP contribution in [0.5, 0.6) is 0 Å². The number of nitrogens with zero attached hydrogens (tertiary/aromatic N) is 3. The Morgan fingerprint density at radius 3 is 2.59 bits per heavy atom. The Balaban J connectivity index is 2.65. The third-order valence-electron chi connectivity index (χ3n) is 2.98. The van der Waals surface area contributed by atoms with Gasteiger partial charge < -0.3 is 10.2 Å². The van der Waals surface area contributed by atoms with E-state index in [9.17, 15) is 9.59 Å². The fourth-order valence-corrected chi connectivity index (χ4v) is 1.77. The standard InChI is InChI=1S/C16H21N4O2/c1-13(2)8-11-20(12-14-6-4-3-5-7-14)16(22)19-15(21)18-10-9-17/h3-7,13H,8,10-12H2,1-2H3,(H,18,21). The molecule has 0 spiro atoms. The molecule has 1 aromatic rings. The molecule has 0 saturated carbocycles. The Morgan fingerprint density at radius 1 is 1.32 bits per heavy atom. The second-order valence-electron chi connectivity index (χ2n) is 5.30. The van der Waals surface area contributed by atoms with Crippen molar-refractivity contribution in [3.05, 3.63) is 35.9 Å². The fraction of sp³-hybridized carbons (Fsp3) is 0.438. The van der Waals surface area contributed by atoms with Gasteiger partial charge in [0.05, 0.1) is 6.07 Å². The Kier molecular flexibility index (Phi) is 7.48. The molecular formula is C16H21N4O2. The zero-order valence-corrected chi connectivity index (χ0v) is 13.0. The Morgan fingerprint density at radius 2 is 2.00 bits per heavy atom. The molecule has 0 heterocycles. The van der Waals surface area contributed by atoms with Gasteiger partial charge in [0.15, 0.2) is 0 Å². The third kappa shape index (κ3) is 6.75. The van der Waals surface area contributed by atoms with Crippen LogP contribution in [0.25, 0.3) is 0 Å². The Labute approximate surface area is 131 Å². The second kappa shape index (κ2) is 9.40. The maximum atomic E-state index is 12.1. The SMILES string of the molecule is CC(C)CCN(Cc1ccccc1)C(=O)[N]C(=O)NCC#N. The molecule has 0 fully saturated rings. The first-order chi connectivity index (χ1) is 10.5. The molecule has 0 aromatic heterocycles. The highest BCUT2D eigenvalue weighted by molar-refractivity contribution is 5.93. The van der Waals surface area contributed by atoms with Crippen LogP contribution in [0.15, 0.2) is 30.3 Å². The van der Waals surface area contributed by atoms with E-state index in [0.29, 0.717) is 19.0 Å². The summed E-state index contributed by atoms with van der Waals surface area (Å²) in [6.07, 6.45) is 0.827. The van der Waals surface area contributed by atoms with Gasteiger partial charge in [0, 0.05) is 13.1 Å². The van der Waals surface area contributed by atoms with Crippen LogP contribution >= 0.6 is 0 Å². The molecule has 117 valence electrons. The summed E-state index contributed by atoms with van der Waals surface area (Å²) in [5.74, 6) is 0.443. The number of imide groups is 1. The van der Waals surface area contributed by atoms with E-state index in [1.807, 2.05) is 30.3 Å². The van der Waals surface area contributed by atoms with Gasteiger partial charge in [-0.1, -0.05) is 44.2 Å². The lowest BCUT2D eigenvalue weighted by Crippen LogP contribution is -2.42. The molecule has 1 aromatic carbocycles. The summed E-state index contributed by atoms with van der Waals surface area (Å²) >= 11 is 0. The average Bonchev–Trinajstić information content (AvgIpc) is 2.50. The summed E-state index contributed by atoms with van der Waals surface area (Å²) in [6.45, 7) is 4.91. The van der Waals surface area contributed by atoms with E-state index < -0.39 is 12.1 Å². The van der Waals surface area contributed by atoms with Gasteiger partial charge in [-0.05, 0) is 17.9 Å². The highest BCUT2D eigenvalue weighted by atomic mass is 16.2. The van der Waals surface area contributed by atoms with E-state index in [-0.39, 0.29) is 6.54 Å². The van der Waals surface area contributed by atoms with Gasteiger partial charge in [-0.3, -0.25) is 0 Å². The molecule has 0 aliphatic rings. The van der Waals surface area contributed by atoms with Crippen LogP contribution in [-0.2, 0) is 6.54 Å². The van der Waals surface area contributed by atoms with Crippen molar-refractivity contribution >= 4 is 12.1 Å². The number of hydrogen-bond donors (Lipinski definition) is 1. The molecule has 6 nitrogen and oxygen atoms in total. The molecule has 0 aliphatic heterocycles. The molecule has 0 atom stereocenters. The minimum atomic E-state index is -0.783. The summed E-state index contributed by atoms with van der Waals surface area (Å²) < 4.78 is 0. The second-order valence-corrected chi connectivity index (χ2v) is 5.30. The maximum Gasteiger partial charge on any atom is 0.348 e. The number of carbonyl (C=O) groups is 2. The topological polar surface area (TPSA) is 87.3 Å². The van der Waals surface area contributed by atoms with Crippen molar-refractivity contribution in [3.8, 4) is 6.07 Å². The molecule has 0 saturated heterocycles. The number of nitrogens with one attached hydrogen (secondary N) is 1. The van der Waals surface area contributed by atoms with Crippen molar-refractivity contribution in [1.29, 1.82) is 5.26 Å². The van der Waals surface area contributed by atoms with E-state index in [0.717, 1.165) is 12.0 Å². The van der Waals surface area contributed by atoms with Crippen molar-refractivity contribution in [3.63, 3.8) is 0 Å². The fourth-order valence-electron chi connectivity index (χ4n) is 1.77. The molecule has 0 bridgehead atoms. The largest absolute Gasteiger partial charge is 0.348 e. The summed E-state index contributed by atoms with van der Waals surface area (Å²) in [7, 11) is 0. The van der Waals surface area contributed by atoms with Gasteiger partial charge >= 0.3 is 12.1 Å². The Bertz CT molecular complexity index is 523. The number of carbonyl (C=O) groups excluding carboxylic acids is 2. The number of rotatable bonds is 6. The minimum absolute atomic E-state index is 0.166. The average molecular weight is 301 g/mol. The maximum absolute atomic E-state index is 12.1. The van der Waals surface area contributed by atoms with Gasteiger partial charge in [-0.25, -0.2) is 9.59 Å². The van der Waals surface area contributed by atoms with Crippen molar-refractivity contribution in [2.24, 2.45) is 5.92 Å². The van der Waals surface area contributed by atoms with Gasteiger partial charge in [-0.2, -0.15) is 5.26 Å². The van der Waals surface area contributed by atoms with E-state index >= 15 is 0 Å². The van der Waals surface area contributed by atoms with Crippen LogP contribution in [-0.4, -0.2) is 30.1 Å². The van der Waals surface area contributed by atoms with E-state index in [4.69, 9.17) is 5.26 Å². The first kappa shape index (κ1) is 17.5. The minimum Gasteiger partial charge on any atom is -0.323 e. The van der Waals surface area contributed by atoms with Gasteiger partial charge in [0.1, 0.15) is 6.54 Å². The van der Waals surface area contributed by atoms with Gasteiger partial charge in [0.2, 0.25) is 0 Å². The van der Waals surface area contributed by atoms with Crippen molar-refractivity contribution in [2.75, 3.05) is 13.1 Å². The van der Waals surface area contributed by atoms with E-state index in [1.165, 1.54) is 0 Å². The summed E-state index contributed by atoms with van der Waals surface area (Å²) in [5.41, 5.74) is 0.979. The van der Waals surface area contributed by atoms with Crippen LogP contribution in [0.1, 0.15) is 25.8 Å². The zero-order chi connectivity index (χ0) is 16.4. The highest BCUT2D eigenvalue weighted by Crippen LogP contribution is 2.08. The van der Waals surface area contributed by atoms with Crippen LogP contribution < -0.4 is 10.6 Å². The van der Waals surface area contributed by atoms with Gasteiger partial charge in [-0.15, -0.1) is 5.32 Å². The molecule has 6 heteroatoms. The smallest absolute Gasteiger partial charge is 0.323 e.